The van der Waals surface area contributed by atoms with Gasteiger partial charge in [0.1, 0.15) is 12.4 Å². The van der Waals surface area contributed by atoms with Crippen molar-refractivity contribution in [2.75, 3.05) is 13.7 Å². The summed E-state index contributed by atoms with van der Waals surface area (Å²) in [6, 6.07) is 8.45. The van der Waals surface area contributed by atoms with Crippen molar-refractivity contribution in [1.29, 1.82) is 0 Å². The Labute approximate surface area is 116 Å². The van der Waals surface area contributed by atoms with E-state index in [0.717, 1.165) is 11.1 Å². The predicted molar refractivity (Wildman–Crippen MR) is 74.6 cm³/mol. The van der Waals surface area contributed by atoms with Crippen LogP contribution in [-0.2, 0) is 6.54 Å². The number of ether oxygens (including phenoxy) is 1. The highest BCUT2D eigenvalue weighted by Crippen LogP contribution is 2.20. The quantitative estimate of drug-likeness (QED) is 0.831. The minimum Gasteiger partial charge on any atom is -0.496 e. The van der Waals surface area contributed by atoms with E-state index in [1.54, 1.807) is 31.5 Å². The molecule has 20 heavy (non-hydrogen) atoms. The summed E-state index contributed by atoms with van der Waals surface area (Å²) >= 11 is 0. The summed E-state index contributed by atoms with van der Waals surface area (Å²) in [6.07, 6.45) is 1.56. The van der Waals surface area contributed by atoms with Crippen LogP contribution in [0, 0.1) is 11.8 Å². The number of rotatable bonds is 3. The van der Waals surface area contributed by atoms with Crippen LogP contribution in [0.3, 0.4) is 0 Å². The molecule has 1 N–H and O–H groups in total. The lowest BCUT2D eigenvalue weighted by Gasteiger charge is -2.09. The molecule has 0 amide bonds. The van der Waals surface area contributed by atoms with Crippen LogP contribution in [0.5, 0.6) is 5.75 Å². The average molecular weight is 270 g/mol. The first kappa shape index (κ1) is 13.8. The third-order valence-corrected chi connectivity index (χ3v) is 2.70. The maximum absolute atomic E-state index is 11.7. The van der Waals surface area contributed by atoms with E-state index in [0.29, 0.717) is 12.3 Å². The molecular weight excluding hydrogens is 256 g/mol. The smallest absolute Gasteiger partial charge is 0.267 e. The number of benzene rings is 1. The summed E-state index contributed by atoms with van der Waals surface area (Å²) in [7, 11) is 1.57. The van der Waals surface area contributed by atoms with Crippen molar-refractivity contribution in [3.8, 4) is 17.6 Å². The minimum atomic E-state index is -0.193. The molecule has 0 spiro atoms. The van der Waals surface area contributed by atoms with Gasteiger partial charge in [-0.25, -0.2) is 4.68 Å². The fourth-order valence-electron chi connectivity index (χ4n) is 1.79. The summed E-state index contributed by atoms with van der Waals surface area (Å²) in [5, 5.41) is 12.7. The molecule has 0 aliphatic carbocycles. The first-order chi connectivity index (χ1) is 9.74. The van der Waals surface area contributed by atoms with Crippen LogP contribution < -0.4 is 10.3 Å². The zero-order valence-corrected chi connectivity index (χ0v) is 11.0. The van der Waals surface area contributed by atoms with E-state index in [4.69, 9.17) is 9.84 Å². The van der Waals surface area contributed by atoms with Gasteiger partial charge in [0.25, 0.3) is 5.56 Å². The highest BCUT2D eigenvalue weighted by atomic mass is 16.5. The zero-order chi connectivity index (χ0) is 14.4. The minimum absolute atomic E-state index is 0.179. The Hall–Kier alpha value is -2.58. The number of hydrogen-bond donors (Lipinski definition) is 1. The highest BCUT2D eigenvalue weighted by Gasteiger charge is 2.06. The van der Waals surface area contributed by atoms with E-state index < -0.39 is 0 Å². The van der Waals surface area contributed by atoms with Crippen molar-refractivity contribution >= 4 is 0 Å². The van der Waals surface area contributed by atoms with Gasteiger partial charge < -0.3 is 9.84 Å². The number of methoxy groups -OCH3 is 1. The molecule has 0 saturated carbocycles. The van der Waals surface area contributed by atoms with E-state index in [9.17, 15) is 4.79 Å². The molecular formula is C15H14N2O3. The molecule has 0 aliphatic heterocycles. The van der Waals surface area contributed by atoms with Crippen LogP contribution >= 0.6 is 0 Å². The standard InChI is InChI=1S/C15H14N2O3/c1-20-14-7-6-12(4-3-9-18)10-13(14)11-17-15(19)5-2-8-16-17/h2,5-8,10,18H,9,11H2,1H3. The van der Waals surface area contributed by atoms with E-state index in [-0.39, 0.29) is 12.2 Å². The van der Waals surface area contributed by atoms with Crippen LogP contribution in [0.15, 0.2) is 41.3 Å². The van der Waals surface area contributed by atoms with E-state index in [2.05, 4.69) is 16.9 Å². The molecule has 0 radical (unpaired) electrons. The Balaban J connectivity index is 2.38. The van der Waals surface area contributed by atoms with Crippen molar-refractivity contribution in [1.82, 2.24) is 9.78 Å². The second kappa shape index (κ2) is 6.55. The van der Waals surface area contributed by atoms with Gasteiger partial charge in [0.05, 0.1) is 13.7 Å². The summed E-state index contributed by atoms with van der Waals surface area (Å²) in [6.45, 7) is 0.110. The number of nitrogens with zero attached hydrogens (tertiary/aromatic N) is 2. The SMILES string of the molecule is COc1ccc(C#CCO)cc1Cn1ncccc1=O. The first-order valence-electron chi connectivity index (χ1n) is 6.03. The maximum atomic E-state index is 11.7. The van der Waals surface area contributed by atoms with E-state index in [1.807, 2.05) is 6.07 Å². The lowest BCUT2D eigenvalue weighted by molar-refractivity contribution is 0.350. The topological polar surface area (TPSA) is 64.3 Å². The third-order valence-electron chi connectivity index (χ3n) is 2.70. The lowest BCUT2D eigenvalue weighted by Crippen LogP contribution is -2.22. The molecule has 0 unspecified atom stereocenters. The second-order valence-electron chi connectivity index (χ2n) is 4.01. The molecule has 1 aromatic heterocycles. The lowest BCUT2D eigenvalue weighted by atomic mass is 10.1. The fourth-order valence-corrected chi connectivity index (χ4v) is 1.79. The second-order valence-corrected chi connectivity index (χ2v) is 4.01. The van der Waals surface area contributed by atoms with Crippen LogP contribution in [-0.4, -0.2) is 28.6 Å². The summed E-state index contributed by atoms with van der Waals surface area (Å²) in [4.78, 5) is 11.7. The van der Waals surface area contributed by atoms with Crippen molar-refractivity contribution in [3.05, 3.63) is 58.0 Å². The normalized spacial score (nSPS) is 9.70. The van der Waals surface area contributed by atoms with Crippen molar-refractivity contribution in [2.45, 2.75) is 6.54 Å². The third kappa shape index (κ3) is 3.25. The van der Waals surface area contributed by atoms with E-state index >= 15 is 0 Å². The maximum Gasteiger partial charge on any atom is 0.267 e. The zero-order valence-electron chi connectivity index (χ0n) is 11.0. The Bertz CT molecular complexity index is 711. The summed E-state index contributed by atoms with van der Waals surface area (Å²) in [5.41, 5.74) is 1.37. The van der Waals surface area contributed by atoms with Crippen LogP contribution in [0.1, 0.15) is 11.1 Å². The van der Waals surface area contributed by atoms with Gasteiger partial charge >= 0.3 is 0 Å². The van der Waals surface area contributed by atoms with E-state index in [1.165, 1.54) is 10.7 Å². The van der Waals surface area contributed by atoms with Gasteiger partial charge in [0, 0.05) is 23.4 Å². The molecule has 2 rings (SSSR count). The van der Waals surface area contributed by atoms with Crippen molar-refractivity contribution < 1.29 is 9.84 Å². The molecule has 5 heteroatoms. The molecule has 0 aliphatic rings. The van der Waals surface area contributed by atoms with Gasteiger partial charge in [0.15, 0.2) is 0 Å². The number of aromatic nitrogens is 2. The molecule has 0 saturated heterocycles. The van der Waals surface area contributed by atoms with Crippen molar-refractivity contribution in [3.63, 3.8) is 0 Å². The molecule has 5 nitrogen and oxygen atoms in total. The molecule has 102 valence electrons. The van der Waals surface area contributed by atoms with Crippen LogP contribution in [0.4, 0.5) is 0 Å². The van der Waals surface area contributed by atoms with Gasteiger partial charge in [-0.2, -0.15) is 5.10 Å². The monoisotopic (exact) mass is 270 g/mol. The predicted octanol–water partition coefficient (Wildman–Crippen LogP) is 0.644. The molecule has 0 atom stereocenters. The van der Waals surface area contributed by atoms with Crippen LogP contribution in [0.2, 0.25) is 0 Å². The van der Waals surface area contributed by atoms with Crippen molar-refractivity contribution in [2.24, 2.45) is 0 Å². The Kier molecular flexibility index (Phi) is 4.53. The highest BCUT2D eigenvalue weighted by molar-refractivity contribution is 5.44. The average Bonchev–Trinajstić information content (AvgIpc) is 2.48. The number of aliphatic hydroxyl groups is 1. The summed E-state index contributed by atoms with van der Waals surface area (Å²) < 4.78 is 6.62. The molecule has 0 bridgehead atoms. The first-order valence-corrected chi connectivity index (χ1v) is 6.03. The Morgan fingerprint density at radius 2 is 2.25 bits per heavy atom. The van der Waals surface area contributed by atoms with Gasteiger partial charge in [-0.1, -0.05) is 11.8 Å². The van der Waals surface area contributed by atoms with Gasteiger partial charge in [-0.05, 0) is 24.3 Å². The largest absolute Gasteiger partial charge is 0.496 e. The van der Waals surface area contributed by atoms with Gasteiger partial charge in [-0.15, -0.1) is 0 Å². The molecule has 2 aromatic rings. The number of hydrogen-bond acceptors (Lipinski definition) is 4. The Morgan fingerprint density at radius 1 is 1.40 bits per heavy atom. The molecule has 1 heterocycles. The van der Waals surface area contributed by atoms with Crippen LogP contribution in [0.25, 0.3) is 0 Å². The molecule has 1 aromatic carbocycles. The van der Waals surface area contributed by atoms with Gasteiger partial charge in [-0.3, -0.25) is 4.79 Å². The fraction of sp³-hybridized carbons (Fsp3) is 0.200. The summed E-state index contributed by atoms with van der Waals surface area (Å²) in [5.74, 6) is 6.07. The Morgan fingerprint density at radius 3 is 2.95 bits per heavy atom. The van der Waals surface area contributed by atoms with Gasteiger partial charge in [0.2, 0.25) is 0 Å². The molecule has 0 fully saturated rings. The number of aliphatic hydroxyl groups excluding tert-OH is 1.